The molecule has 0 N–H and O–H groups in total. The first-order valence-corrected chi connectivity index (χ1v) is 5.72. The van der Waals surface area contributed by atoms with Crippen LogP contribution in [-0.2, 0) is 0 Å². The van der Waals surface area contributed by atoms with Crippen molar-refractivity contribution in [3.05, 3.63) is 58.7 Å². The van der Waals surface area contributed by atoms with Crippen molar-refractivity contribution in [2.24, 2.45) is 0 Å². The zero-order valence-corrected chi connectivity index (χ0v) is 10.2. The van der Waals surface area contributed by atoms with E-state index in [9.17, 15) is 4.79 Å². The Labute approximate surface area is 108 Å². The van der Waals surface area contributed by atoms with Crippen molar-refractivity contribution in [1.82, 2.24) is 9.97 Å². The highest BCUT2D eigenvalue weighted by Gasteiger charge is 2.05. The SMILES string of the molecule is Cc1cc2ccc(Oc3ncccn3)cc2oc1=O. The first kappa shape index (κ1) is 11.4. The number of aryl methyl sites for hydroxylation is 1. The summed E-state index contributed by atoms with van der Waals surface area (Å²) in [7, 11) is 0. The highest BCUT2D eigenvalue weighted by Crippen LogP contribution is 2.23. The average molecular weight is 254 g/mol. The maximum absolute atomic E-state index is 11.5. The summed E-state index contributed by atoms with van der Waals surface area (Å²) in [5, 5.41) is 0.846. The number of hydrogen-bond donors (Lipinski definition) is 0. The van der Waals surface area contributed by atoms with Gasteiger partial charge in [-0.1, -0.05) is 0 Å². The first-order valence-electron chi connectivity index (χ1n) is 5.72. The van der Waals surface area contributed by atoms with Crippen LogP contribution in [0.15, 0.2) is 51.9 Å². The summed E-state index contributed by atoms with van der Waals surface area (Å²) in [6, 6.07) is 8.98. The van der Waals surface area contributed by atoms with Crippen LogP contribution < -0.4 is 10.4 Å². The largest absolute Gasteiger partial charge is 0.424 e. The molecule has 0 saturated carbocycles. The Morgan fingerprint density at radius 3 is 2.74 bits per heavy atom. The predicted molar refractivity (Wildman–Crippen MR) is 69.3 cm³/mol. The van der Waals surface area contributed by atoms with Gasteiger partial charge in [-0.05, 0) is 31.2 Å². The summed E-state index contributed by atoms with van der Waals surface area (Å²) in [6.07, 6.45) is 3.18. The zero-order chi connectivity index (χ0) is 13.2. The number of hydrogen-bond acceptors (Lipinski definition) is 5. The van der Waals surface area contributed by atoms with Gasteiger partial charge in [-0.2, -0.15) is 0 Å². The minimum absolute atomic E-state index is 0.247. The summed E-state index contributed by atoms with van der Waals surface area (Å²) in [5.41, 5.74) is 0.706. The van der Waals surface area contributed by atoms with Gasteiger partial charge in [0.1, 0.15) is 11.3 Å². The van der Waals surface area contributed by atoms with Crippen LogP contribution in [0.3, 0.4) is 0 Å². The molecule has 2 aromatic heterocycles. The lowest BCUT2D eigenvalue weighted by Crippen LogP contribution is -2.01. The Hall–Kier alpha value is -2.69. The lowest BCUT2D eigenvalue weighted by atomic mass is 10.2. The molecule has 0 radical (unpaired) electrons. The van der Waals surface area contributed by atoms with Gasteiger partial charge in [0.25, 0.3) is 0 Å². The van der Waals surface area contributed by atoms with E-state index in [0.717, 1.165) is 5.39 Å². The fourth-order valence-electron chi connectivity index (χ4n) is 1.70. The van der Waals surface area contributed by atoms with Gasteiger partial charge in [-0.25, -0.2) is 14.8 Å². The third-order valence-corrected chi connectivity index (χ3v) is 2.63. The van der Waals surface area contributed by atoms with Gasteiger partial charge < -0.3 is 9.15 Å². The van der Waals surface area contributed by atoms with Crippen LogP contribution in [-0.4, -0.2) is 9.97 Å². The quantitative estimate of drug-likeness (QED) is 0.658. The number of rotatable bonds is 2. The molecule has 5 heteroatoms. The molecular weight excluding hydrogens is 244 g/mol. The van der Waals surface area contributed by atoms with E-state index in [1.807, 2.05) is 6.07 Å². The Balaban J connectivity index is 2.02. The Kier molecular flexibility index (Phi) is 2.72. The standard InChI is InChI=1S/C14H10N2O3/c1-9-7-10-3-4-11(8-12(10)19-13(9)17)18-14-15-5-2-6-16-14/h2-8H,1H3. The molecule has 0 bridgehead atoms. The predicted octanol–water partition coefficient (Wildman–Crippen LogP) is 2.68. The topological polar surface area (TPSA) is 65.2 Å². The minimum Gasteiger partial charge on any atom is -0.424 e. The van der Waals surface area contributed by atoms with Crippen LogP contribution in [0.4, 0.5) is 0 Å². The lowest BCUT2D eigenvalue weighted by molar-refractivity contribution is 0.440. The van der Waals surface area contributed by atoms with E-state index < -0.39 is 0 Å². The molecule has 0 aliphatic carbocycles. The van der Waals surface area contributed by atoms with Crippen LogP contribution in [0.2, 0.25) is 0 Å². The molecule has 0 spiro atoms. The molecule has 5 nitrogen and oxygen atoms in total. The minimum atomic E-state index is -0.347. The summed E-state index contributed by atoms with van der Waals surface area (Å²) < 4.78 is 10.7. The number of fused-ring (bicyclic) bond motifs is 1. The van der Waals surface area contributed by atoms with Crippen molar-refractivity contribution in [2.75, 3.05) is 0 Å². The summed E-state index contributed by atoms with van der Waals surface area (Å²) in [6.45, 7) is 1.72. The number of benzene rings is 1. The third-order valence-electron chi connectivity index (χ3n) is 2.63. The monoisotopic (exact) mass is 254 g/mol. The molecule has 0 saturated heterocycles. The van der Waals surface area contributed by atoms with E-state index in [-0.39, 0.29) is 11.6 Å². The van der Waals surface area contributed by atoms with Crippen LogP contribution in [0, 0.1) is 6.92 Å². The number of aromatic nitrogens is 2. The van der Waals surface area contributed by atoms with Crippen molar-refractivity contribution in [3.8, 4) is 11.8 Å². The Bertz CT molecular complexity index is 782. The molecule has 0 aliphatic rings. The molecule has 0 aliphatic heterocycles. The number of ether oxygens (including phenoxy) is 1. The molecular formula is C14H10N2O3. The molecule has 3 rings (SSSR count). The van der Waals surface area contributed by atoms with E-state index in [4.69, 9.17) is 9.15 Å². The van der Waals surface area contributed by atoms with Crippen LogP contribution in [0.25, 0.3) is 11.0 Å². The van der Waals surface area contributed by atoms with Crippen molar-refractivity contribution < 1.29 is 9.15 Å². The average Bonchev–Trinajstić information content (AvgIpc) is 2.42. The molecule has 3 aromatic rings. The maximum atomic E-state index is 11.5. The normalized spacial score (nSPS) is 10.6. The van der Waals surface area contributed by atoms with E-state index >= 15 is 0 Å². The molecule has 2 heterocycles. The van der Waals surface area contributed by atoms with Crippen molar-refractivity contribution >= 4 is 11.0 Å². The molecule has 0 amide bonds. The summed E-state index contributed by atoms with van der Waals surface area (Å²) in [4.78, 5) is 19.4. The lowest BCUT2D eigenvalue weighted by Gasteiger charge is -2.04. The van der Waals surface area contributed by atoms with Crippen molar-refractivity contribution in [2.45, 2.75) is 6.92 Å². The highest BCUT2D eigenvalue weighted by molar-refractivity contribution is 5.78. The molecule has 19 heavy (non-hydrogen) atoms. The van der Waals surface area contributed by atoms with Gasteiger partial charge in [0.2, 0.25) is 0 Å². The van der Waals surface area contributed by atoms with Gasteiger partial charge >= 0.3 is 11.6 Å². The molecule has 1 aromatic carbocycles. The van der Waals surface area contributed by atoms with Gasteiger partial charge in [-0.15, -0.1) is 0 Å². The van der Waals surface area contributed by atoms with Crippen LogP contribution in [0.5, 0.6) is 11.8 Å². The van der Waals surface area contributed by atoms with E-state index in [1.54, 1.807) is 43.6 Å². The second-order valence-electron chi connectivity index (χ2n) is 4.05. The smallest absolute Gasteiger partial charge is 0.339 e. The van der Waals surface area contributed by atoms with Crippen molar-refractivity contribution in [1.29, 1.82) is 0 Å². The van der Waals surface area contributed by atoms with Crippen molar-refractivity contribution in [3.63, 3.8) is 0 Å². The van der Waals surface area contributed by atoms with E-state index in [0.29, 0.717) is 16.9 Å². The van der Waals surface area contributed by atoms with Gasteiger partial charge in [-0.3, -0.25) is 0 Å². The molecule has 0 atom stereocenters. The molecule has 0 unspecified atom stereocenters. The molecule has 0 fully saturated rings. The Morgan fingerprint density at radius 1 is 1.16 bits per heavy atom. The Morgan fingerprint density at radius 2 is 1.95 bits per heavy atom. The van der Waals surface area contributed by atoms with Crippen LogP contribution >= 0.6 is 0 Å². The van der Waals surface area contributed by atoms with Gasteiger partial charge in [0.05, 0.1) is 0 Å². The number of nitrogens with zero attached hydrogens (tertiary/aromatic N) is 2. The van der Waals surface area contributed by atoms with Gasteiger partial charge in [0.15, 0.2) is 0 Å². The molecule has 94 valence electrons. The zero-order valence-electron chi connectivity index (χ0n) is 10.2. The maximum Gasteiger partial charge on any atom is 0.339 e. The summed E-state index contributed by atoms with van der Waals surface area (Å²) in [5.74, 6) is 0.519. The van der Waals surface area contributed by atoms with E-state index in [1.165, 1.54) is 0 Å². The second-order valence-corrected chi connectivity index (χ2v) is 4.05. The fraction of sp³-hybridized carbons (Fsp3) is 0.0714. The third kappa shape index (κ3) is 2.30. The van der Waals surface area contributed by atoms with E-state index in [2.05, 4.69) is 9.97 Å². The summed E-state index contributed by atoms with van der Waals surface area (Å²) >= 11 is 0. The van der Waals surface area contributed by atoms with Gasteiger partial charge in [0, 0.05) is 29.4 Å². The van der Waals surface area contributed by atoms with Crippen LogP contribution in [0.1, 0.15) is 5.56 Å². The fourth-order valence-corrected chi connectivity index (χ4v) is 1.70. The highest BCUT2D eigenvalue weighted by atomic mass is 16.5. The first-order chi connectivity index (χ1) is 9.22. The second kappa shape index (κ2) is 4.53.